The Morgan fingerprint density at radius 1 is 1.18 bits per heavy atom. The second-order valence-corrected chi connectivity index (χ2v) is 9.53. The number of rotatable bonds is 0. The number of Topliss-reactive ketones (excluding diaryl/α,β-unsaturated/α-hetero) is 1. The molecule has 0 aromatic carbocycles. The van der Waals surface area contributed by atoms with Gasteiger partial charge in [0.25, 0.3) is 0 Å². The maximum Gasteiger partial charge on any atom is 0.145 e. The summed E-state index contributed by atoms with van der Waals surface area (Å²) in [6, 6.07) is 0. The summed E-state index contributed by atoms with van der Waals surface area (Å²) >= 11 is 0. The van der Waals surface area contributed by atoms with E-state index in [0.717, 1.165) is 12.8 Å². The lowest BCUT2D eigenvalue weighted by Crippen LogP contribution is -2.49. The number of hydrogen-bond acceptors (Lipinski definition) is 2. The van der Waals surface area contributed by atoms with Gasteiger partial charge < -0.3 is 5.11 Å². The molecular formula is C20H30O2. The van der Waals surface area contributed by atoms with Gasteiger partial charge in [-0.25, -0.2) is 0 Å². The first-order chi connectivity index (χ1) is 10.2. The third-order valence-electron chi connectivity index (χ3n) is 7.96. The van der Waals surface area contributed by atoms with Crippen LogP contribution in [-0.4, -0.2) is 16.5 Å². The Morgan fingerprint density at radius 2 is 1.91 bits per heavy atom. The Bertz CT molecular complexity index is 572. The van der Waals surface area contributed by atoms with Gasteiger partial charge in [0.2, 0.25) is 0 Å². The van der Waals surface area contributed by atoms with E-state index in [1.165, 1.54) is 36.8 Å². The van der Waals surface area contributed by atoms with Crippen molar-refractivity contribution in [3.05, 3.63) is 11.1 Å². The summed E-state index contributed by atoms with van der Waals surface area (Å²) in [4.78, 5) is 12.8. The Kier molecular flexibility index (Phi) is 2.89. The SMILES string of the molecule is C[C@@H]1C(=O)[C@H]2C[C@]1(O)CC1=C2[C@]2(C)CCCC(C)(C)[C@H]2CC1. The lowest BCUT2D eigenvalue weighted by Gasteiger charge is -2.57. The Morgan fingerprint density at radius 3 is 2.64 bits per heavy atom. The zero-order valence-corrected chi connectivity index (χ0v) is 14.5. The van der Waals surface area contributed by atoms with E-state index in [1.807, 2.05) is 6.92 Å². The van der Waals surface area contributed by atoms with Gasteiger partial charge in [-0.3, -0.25) is 4.79 Å². The second kappa shape index (κ2) is 4.26. The van der Waals surface area contributed by atoms with Crippen LogP contribution in [0.1, 0.15) is 72.6 Å². The van der Waals surface area contributed by atoms with Crippen molar-refractivity contribution < 1.29 is 9.90 Å². The minimum atomic E-state index is -0.742. The zero-order chi connectivity index (χ0) is 15.9. The maximum absolute atomic E-state index is 12.8. The van der Waals surface area contributed by atoms with Crippen LogP contribution in [0.25, 0.3) is 0 Å². The molecule has 0 spiro atoms. The van der Waals surface area contributed by atoms with Crippen molar-refractivity contribution in [3.63, 3.8) is 0 Å². The Balaban J connectivity index is 1.84. The predicted octanol–water partition coefficient (Wildman–Crippen LogP) is 4.27. The highest BCUT2D eigenvalue weighted by Gasteiger charge is 2.61. The molecule has 2 saturated carbocycles. The van der Waals surface area contributed by atoms with Crippen LogP contribution in [0.3, 0.4) is 0 Å². The fourth-order valence-electron chi connectivity index (χ4n) is 6.88. The van der Waals surface area contributed by atoms with Crippen molar-refractivity contribution in [1.82, 2.24) is 0 Å². The normalized spacial score (nSPS) is 49.9. The smallest absolute Gasteiger partial charge is 0.145 e. The molecule has 0 heterocycles. The molecule has 1 N–H and O–H groups in total. The van der Waals surface area contributed by atoms with Gasteiger partial charge in [0.05, 0.1) is 5.60 Å². The van der Waals surface area contributed by atoms with E-state index in [-0.39, 0.29) is 17.3 Å². The van der Waals surface area contributed by atoms with Crippen molar-refractivity contribution in [3.8, 4) is 0 Å². The third-order valence-corrected chi connectivity index (χ3v) is 7.96. The standard InChI is InChI=1S/C20H30O2/c1-12-17(21)14-11-20(12,22)10-13-6-7-15-18(2,3)8-5-9-19(15,4)16(13)14/h12,14-15,22H,5-11H2,1-4H3/t12-,14+,15-,19-,20-/m1/s1. The van der Waals surface area contributed by atoms with E-state index >= 15 is 0 Å². The third kappa shape index (κ3) is 1.68. The quantitative estimate of drug-likeness (QED) is 0.679. The molecule has 0 aromatic rings. The molecule has 2 fully saturated rings. The van der Waals surface area contributed by atoms with Gasteiger partial charge in [0.15, 0.2) is 0 Å². The molecule has 4 aliphatic carbocycles. The van der Waals surface area contributed by atoms with E-state index in [2.05, 4.69) is 20.8 Å². The summed E-state index contributed by atoms with van der Waals surface area (Å²) < 4.78 is 0. The van der Waals surface area contributed by atoms with Crippen LogP contribution in [0.2, 0.25) is 0 Å². The lowest BCUT2D eigenvalue weighted by molar-refractivity contribution is -0.125. The number of fused-ring (bicyclic) bond motifs is 5. The average Bonchev–Trinajstić information content (AvgIpc) is 2.58. The molecule has 0 aromatic heterocycles. The first kappa shape index (κ1) is 14.9. The number of ketones is 1. The van der Waals surface area contributed by atoms with Gasteiger partial charge in [-0.15, -0.1) is 0 Å². The molecule has 2 bridgehead atoms. The van der Waals surface area contributed by atoms with E-state index < -0.39 is 5.60 Å². The number of aliphatic hydroxyl groups is 1. The van der Waals surface area contributed by atoms with Crippen molar-refractivity contribution in [2.24, 2.45) is 28.6 Å². The van der Waals surface area contributed by atoms with Crippen LogP contribution in [0.4, 0.5) is 0 Å². The van der Waals surface area contributed by atoms with E-state index in [4.69, 9.17) is 0 Å². The summed E-state index contributed by atoms with van der Waals surface area (Å²) in [6.45, 7) is 9.25. The highest BCUT2D eigenvalue weighted by Crippen LogP contribution is 2.65. The molecule has 2 heteroatoms. The van der Waals surface area contributed by atoms with E-state index in [1.54, 1.807) is 0 Å². The second-order valence-electron chi connectivity index (χ2n) is 9.53. The fraction of sp³-hybridized carbons (Fsp3) is 0.850. The van der Waals surface area contributed by atoms with E-state index in [9.17, 15) is 9.90 Å². The van der Waals surface area contributed by atoms with Crippen molar-refractivity contribution in [1.29, 1.82) is 0 Å². The molecule has 4 rings (SSSR count). The van der Waals surface area contributed by atoms with Gasteiger partial charge >= 0.3 is 0 Å². The van der Waals surface area contributed by atoms with Crippen LogP contribution in [0.5, 0.6) is 0 Å². The summed E-state index contributed by atoms with van der Waals surface area (Å²) in [7, 11) is 0. The topological polar surface area (TPSA) is 37.3 Å². The van der Waals surface area contributed by atoms with E-state index in [0.29, 0.717) is 23.5 Å². The molecule has 0 aliphatic heterocycles. The number of carbonyl (C=O) groups is 1. The van der Waals surface area contributed by atoms with Gasteiger partial charge in [0.1, 0.15) is 5.78 Å². The van der Waals surface area contributed by atoms with Crippen molar-refractivity contribution in [2.45, 2.75) is 78.2 Å². The molecule has 0 amide bonds. The molecule has 0 unspecified atom stereocenters. The summed E-state index contributed by atoms with van der Waals surface area (Å²) in [6.07, 6.45) is 7.62. The zero-order valence-electron chi connectivity index (χ0n) is 14.5. The molecule has 0 radical (unpaired) electrons. The lowest BCUT2D eigenvalue weighted by atomic mass is 9.47. The van der Waals surface area contributed by atoms with Crippen LogP contribution in [-0.2, 0) is 4.79 Å². The van der Waals surface area contributed by atoms with Gasteiger partial charge in [-0.1, -0.05) is 45.3 Å². The van der Waals surface area contributed by atoms with Gasteiger partial charge in [-0.2, -0.15) is 0 Å². The summed E-state index contributed by atoms with van der Waals surface area (Å²) in [5.74, 6) is 0.854. The first-order valence-electron chi connectivity index (χ1n) is 9.17. The van der Waals surface area contributed by atoms with Gasteiger partial charge in [-0.05, 0) is 55.3 Å². The molecule has 5 atom stereocenters. The number of allylic oxidation sites excluding steroid dienone is 1. The van der Waals surface area contributed by atoms with Crippen LogP contribution in [0.15, 0.2) is 11.1 Å². The highest BCUT2D eigenvalue weighted by atomic mass is 16.3. The molecule has 22 heavy (non-hydrogen) atoms. The molecular weight excluding hydrogens is 272 g/mol. The maximum atomic E-state index is 12.8. The summed E-state index contributed by atoms with van der Waals surface area (Å²) in [5, 5.41) is 10.9. The fourth-order valence-corrected chi connectivity index (χ4v) is 6.88. The van der Waals surface area contributed by atoms with Crippen molar-refractivity contribution in [2.75, 3.05) is 0 Å². The molecule has 122 valence electrons. The summed E-state index contributed by atoms with van der Waals surface area (Å²) in [5.41, 5.74) is 2.77. The van der Waals surface area contributed by atoms with Crippen molar-refractivity contribution >= 4 is 5.78 Å². The van der Waals surface area contributed by atoms with Gasteiger partial charge in [0, 0.05) is 11.8 Å². The molecule has 0 saturated heterocycles. The largest absolute Gasteiger partial charge is 0.389 e. The molecule has 2 nitrogen and oxygen atoms in total. The molecule has 4 aliphatic rings. The Hall–Kier alpha value is -0.630. The minimum Gasteiger partial charge on any atom is -0.389 e. The first-order valence-corrected chi connectivity index (χ1v) is 9.17. The average molecular weight is 302 g/mol. The van der Waals surface area contributed by atoms with Crippen LogP contribution >= 0.6 is 0 Å². The number of hydrogen-bond donors (Lipinski definition) is 1. The van der Waals surface area contributed by atoms with Crippen LogP contribution < -0.4 is 0 Å². The van der Waals surface area contributed by atoms with Crippen LogP contribution in [0, 0.1) is 28.6 Å². The minimum absolute atomic E-state index is 0.0189. The number of carbonyl (C=O) groups excluding carboxylic acids is 1. The predicted molar refractivity (Wildman–Crippen MR) is 87.3 cm³/mol. The highest BCUT2D eigenvalue weighted by molar-refractivity contribution is 5.91. The monoisotopic (exact) mass is 302 g/mol. The Labute approximate surface area is 134 Å².